The van der Waals surface area contributed by atoms with Gasteiger partial charge in [-0.1, -0.05) is 53.4 Å². The van der Waals surface area contributed by atoms with Gasteiger partial charge in [-0.25, -0.2) is 0 Å². The second-order valence-electron chi connectivity index (χ2n) is 10.6. The van der Waals surface area contributed by atoms with Crippen molar-refractivity contribution in [1.82, 2.24) is 0 Å². The van der Waals surface area contributed by atoms with Crippen molar-refractivity contribution in [2.75, 3.05) is 0 Å². The number of Topliss-reactive ketones (excluding diaryl/α,β-unsaturated/α-hetero) is 1. The zero-order chi connectivity index (χ0) is 17.8. The van der Waals surface area contributed by atoms with Gasteiger partial charge in [-0.2, -0.15) is 0 Å². The molecule has 4 aliphatic rings. The Balaban J connectivity index is 1.70. The molecule has 142 valence electrons. The first-order valence-electron chi connectivity index (χ1n) is 11.5. The molecule has 0 aliphatic heterocycles. The second kappa shape index (κ2) is 6.38. The molecule has 0 aromatic carbocycles. The van der Waals surface area contributed by atoms with Crippen molar-refractivity contribution in [2.24, 2.45) is 46.3 Å². The number of carbonyl (C=O) groups is 1. The molecule has 0 saturated heterocycles. The van der Waals surface area contributed by atoms with E-state index < -0.39 is 0 Å². The van der Waals surface area contributed by atoms with E-state index in [1.165, 1.54) is 64.2 Å². The lowest BCUT2D eigenvalue weighted by molar-refractivity contribution is -0.167. The Bertz CT molecular complexity index is 524. The van der Waals surface area contributed by atoms with Gasteiger partial charge in [-0.3, -0.25) is 4.79 Å². The third-order valence-electron chi connectivity index (χ3n) is 9.90. The van der Waals surface area contributed by atoms with E-state index in [0.29, 0.717) is 46.2 Å². The van der Waals surface area contributed by atoms with Crippen molar-refractivity contribution in [1.29, 1.82) is 0 Å². The van der Waals surface area contributed by atoms with Crippen LogP contribution in [0.15, 0.2) is 0 Å². The van der Waals surface area contributed by atoms with Crippen LogP contribution < -0.4 is 0 Å². The number of fused-ring (bicyclic) bond motifs is 5. The molecule has 0 aromatic rings. The monoisotopic (exact) mass is 344 g/mol. The standard InChI is InChI=1S/C24H40O/c1-5-9-16-11-12-19-21-20(13-15-23(16,19)3)24(4)14-8-7-10-18(24)17(6-2)22(21)25/h16-21H,5-15H2,1-4H3/t16-,17?,18?,19-,20-,21-,23+,24-/m0/s1. The van der Waals surface area contributed by atoms with Gasteiger partial charge in [0, 0.05) is 11.8 Å². The van der Waals surface area contributed by atoms with E-state index in [2.05, 4.69) is 27.7 Å². The summed E-state index contributed by atoms with van der Waals surface area (Å²) in [6.45, 7) is 9.80. The van der Waals surface area contributed by atoms with Crippen LogP contribution in [0.3, 0.4) is 0 Å². The van der Waals surface area contributed by atoms with Crippen LogP contribution in [0.4, 0.5) is 0 Å². The quantitative estimate of drug-likeness (QED) is 0.560. The van der Waals surface area contributed by atoms with Crippen molar-refractivity contribution in [3.05, 3.63) is 0 Å². The van der Waals surface area contributed by atoms with Crippen molar-refractivity contribution in [3.8, 4) is 0 Å². The molecule has 0 amide bonds. The molecular weight excluding hydrogens is 304 g/mol. The van der Waals surface area contributed by atoms with E-state index in [-0.39, 0.29) is 0 Å². The number of rotatable bonds is 3. The van der Waals surface area contributed by atoms with E-state index in [1.807, 2.05) is 0 Å². The van der Waals surface area contributed by atoms with Crippen molar-refractivity contribution < 1.29 is 4.79 Å². The van der Waals surface area contributed by atoms with Gasteiger partial charge in [0.15, 0.2) is 0 Å². The van der Waals surface area contributed by atoms with Gasteiger partial charge >= 0.3 is 0 Å². The van der Waals surface area contributed by atoms with Gasteiger partial charge in [-0.05, 0) is 79.4 Å². The lowest BCUT2D eigenvalue weighted by Crippen LogP contribution is -2.59. The molecule has 0 aromatic heterocycles. The van der Waals surface area contributed by atoms with Crippen LogP contribution in [-0.4, -0.2) is 5.78 Å². The smallest absolute Gasteiger partial charge is 0.139 e. The van der Waals surface area contributed by atoms with Gasteiger partial charge in [0.25, 0.3) is 0 Å². The van der Waals surface area contributed by atoms with Crippen LogP contribution >= 0.6 is 0 Å². The van der Waals surface area contributed by atoms with E-state index in [4.69, 9.17) is 0 Å². The predicted molar refractivity (Wildman–Crippen MR) is 104 cm³/mol. The van der Waals surface area contributed by atoms with E-state index in [1.54, 1.807) is 0 Å². The summed E-state index contributed by atoms with van der Waals surface area (Å²) in [6, 6.07) is 0. The fourth-order valence-electron chi connectivity index (χ4n) is 8.65. The Morgan fingerprint density at radius 3 is 2.36 bits per heavy atom. The molecule has 4 rings (SSSR count). The van der Waals surface area contributed by atoms with E-state index >= 15 is 0 Å². The maximum absolute atomic E-state index is 13.7. The number of ketones is 1. The number of hydrogen-bond donors (Lipinski definition) is 0. The normalized spacial score (nSPS) is 52.4. The fourth-order valence-corrected chi connectivity index (χ4v) is 8.65. The van der Waals surface area contributed by atoms with Crippen molar-refractivity contribution >= 4 is 5.78 Å². The topological polar surface area (TPSA) is 17.1 Å². The van der Waals surface area contributed by atoms with E-state index in [9.17, 15) is 4.79 Å². The molecule has 25 heavy (non-hydrogen) atoms. The van der Waals surface area contributed by atoms with Crippen LogP contribution in [-0.2, 0) is 4.79 Å². The summed E-state index contributed by atoms with van der Waals surface area (Å²) in [5.74, 6) is 4.47. The van der Waals surface area contributed by atoms with Crippen LogP contribution in [0.1, 0.15) is 98.3 Å². The van der Waals surface area contributed by atoms with Crippen LogP contribution in [0, 0.1) is 46.3 Å². The largest absolute Gasteiger partial charge is 0.299 e. The Labute approximate surface area is 155 Å². The summed E-state index contributed by atoms with van der Waals surface area (Å²) >= 11 is 0. The summed E-state index contributed by atoms with van der Waals surface area (Å²) in [4.78, 5) is 13.7. The van der Waals surface area contributed by atoms with Gasteiger partial charge in [0.2, 0.25) is 0 Å². The van der Waals surface area contributed by atoms with Gasteiger partial charge in [-0.15, -0.1) is 0 Å². The van der Waals surface area contributed by atoms with Crippen molar-refractivity contribution in [2.45, 2.75) is 98.3 Å². The van der Waals surface area contributed by atoms with Gasteiger partial charge in [0.05, 0.1) is 0 Å². The molecule has 4 fully saturated rings. The molecule has 4 saturated carbocycles. The Morgan fingerprint density at radius 2 is 1.64 bits per heavy atom. The molecule has 0 spiro atoms. The first kappa shape index (κ1) is 18.1. The average molecular weight is 345 g/mol. The Hall–Kier alpha value is -0.330. The molecule has 1 nitrogen and oxygen atoms in total. The van der Waals surface area contributed by atoms with Crippen LogP contribution in [0.5, 0.6) is 0 Å². The van der Waals surface area contributed by atoms with Gasteiger partial charge in [0.1, 0.15) is 5.78 Å². The highest BCUT2D eigenvalue weighted by Gasteiger charge is 2.63. The SMILES string of the molecule is CCC[C@H]1CC[C@H]2[C@@H]3C(=O)C(CC)C4CCCC[C@]4(C)[C@H]3CC[C@]12C. The third kappa shape index (κ3) is 2.43. The van der Waals surface area contributed by atoms with Gasteiger partial charge < -0.3 is 0 Å². The lowest BCUT2D eigenvalue weighted by atomic mass is 9.42. The minimum absolute atomic E-state index is 0.374. The highest BCUT2D eigenvalue weighted by Crippen LogP contribution is 2.68. The molecule has 1 heteroatoms. The summed E-state index contributed by atoms with van der Waals surface area (Å²) in [7, 11) is 0. The molecular formula is C24H40O. The lowest BCUT2D eigenvalue weighted by Gasteiger charge is -2.61. The van der Waals surface area contributed by atoms with Crippen LogP contribution in [0.2, 0.25) is 0 Å². The molecule has 8 atom stereocenters. The molecule has 2 unspecified atom stereocenters. The average Bonchev–Trinajstić information content (AvgIpc) is 2.93. The summed E-state index contributed by atoms with van der Waals surface area (Å²) in [5, 5.41) is 0. The zero-order valence-corrected chi connectivity index (χ0v) is 17.2. The molecule has 4 aliphatic carbocycles. The molecule has 0 bridgehead atoms. The van der Waals surface area contributed by atoms with Crippen molar-refractivity contribution in [3.63, 3.8) is 0 Å². The first-order chi connectivity index (χ1) is 12.0. The number of carbonyl (C=O) groups excluding carboxylic acids is 1. The van der Waals surface area contributed by atoms with E-state index in [0.717, 1.165) is 12.3 Å². The molecule has 0 N–H and O–H groups in total. The van der Waals surface area contributed by atoms with Crippen LogP contribution in [0.25, 0.3) is 0 Å². The zero-order valence-electron chi connectivity index (χ0n) is 17.2. The first-order valence-corrected chi connectivity index (χ1v) is 11.5. The minimum Gasteiger partial charge on any atom is -0.299 e. The Morgan fingerprint density at radius 1 is 0.880 bits per heavy atom. The summed E-state index contributed by atoms with van der Waals surface area (Å²) in [6.07, 6.45) is 14.7. The summed E-state index contributed by atoms with van der Waals surface area (Å²) < 4.78 is 0. The fraction of sp³-hybridized carbons (Fsp3) is 0.958. The minimum atomic E-state index is 0.374. The predicted octanol–water partition coefficient (Wildman–Crippen LogP) is 6.65. The summed E-state index contributed by atoms with van der Waals surface area (Å²) in [5.41, 5.74) is 0.921. The molecule has 0 radical (unpaired) electrons. The molecule has 0 heterocycles. The second-order valence-corrected chi connectivity index (χ2v) is 10.6. The highest BCUT2D eigenvalue weighted by atomic mass is 16.1. The maximum atomic E-state index is 13.7. The Kier molecular flexibility index (Phi) is 4.61. The number of hydrogen-bond acceptors (Lipinski definition) is 1. The highest BCUT2D eigenvalue weighted by molar-refractivity contribution is 5.86. The maximum Gasteiger partial charge on any atom is 0.139 e. The third-order valence-corrected chi connectivity index (χ3v) is 9.90.